The van der Waals surface area contributed by atoms with Crippen LogP contribution in [0.15, 0.2) is 0 Å². The van der Waals surface area contributed by atoms with E-state index < -0.39 is 0 Å². The van der Waals surface area contributed by atoms with Gasteiger partial charge in [0, 0.05) is 6.04 Å². The van der Waals surface area contributed by atoms with E-state index >= 15 is 0 Å². The van der Waals surface area contributed by atoms with E-state index in [4.69, 9.17) is 0 Å². The lowest BCUT2D eigenvalue weighted by Gasteiger charge is -2.29. The maximum Gasteiger partial charge on any atom is 0.0124 e. The van der Waals surface area contributed by atoms with Gasteiger partial charge >= 0.3 is 0 Å². The lowest BCUT2D eigenvalue weighted by atomic mass is 9.92. The Hall–Kier alpha value is -0.0400. The Morgan fingerprint density at radius 1 is 1.25 bits per heavy atom. The quantitative estimate of drug-likeness (QED) is 0.625. The molecular formula is C11H23N. The minimum Gasteiger partial charge on any atom is -0.300 e. The molecule has 0 amide bonds. The van der Waals surface area contributed by atoms with Crippen LogP contribution in [0.3, 0.4) is 0 Å². The van der Waals surface area contributed by atoms with E-state index in [9.17, 15) is 0 Å². The Kier molecular flexibility index (Phi) is 4.07. The van der Waals surface area contributed by atoms with E-state index in [1.54, 1.807) is 0 Å². The molecule has 1 fully saturated rings. The number of likely N-dealkylation sites (tertiary alicyclic amines) is 1. The van der Waals surface area contributed by atoms with Crippen LogP contribution in [-0.4, -0.2) is 24.0 Å². The van der Waals surface area contributed by atoms with Crippen molar-refractivity contribution in [3.8, 4) is 0 Å². The molecule has 0 spiro atoms. The van der Waals surface area contributed by atoms with Crippen LogP contribution < -0.4 is 0 Å². The molecule has 0 saturated carbocycles. The topological polar surface area (TPSA) is 3.24 Å². The first-order valence-electron chi connectivity index (χ1n) is 5.57. The van der Waals surface area contributed by atoms with Gasteiger partial charge in [-0.25, -0.2) is 0 Å². The summed E-state index contributed by atoms with van der Waals surface area (Å²) in [6.07, 6.45) is 5.59. The molecule has 1 aliphatic rings. The Bertz CT molecular complexity index is 118. The first-order chi connectivity index (χ1) is 5.83. The fourth-order valence-corrected chi connectivity index (χ4v) is 2.61. The third kappa shape index (κ3) is 2.01. The molecule has 0 aliphatic carbocycles. The molecule has 1 atom stereocenters. The summed E-state index contributed by atoms with van der Waals surface area (Å²) >= 11 is 0. The lowest BCUT2D eigenvalue weighted by molar-refractivity contribution is 0.189. The van der Waals surface area contributed by atoms with Gasteiger partial charge in [0.1, 0.15) is 0 Å². The highest BCUT2D eigenvalue weighted by Crippen LogP contribution is 2.27. The zero-order chi connectivity index (χ0) is 8.97. The molecule has 0 aromatic rings. The molecule has 0 aromatic carbocycles. The van der Waals surface area contributed by atoms with Crippen molar-refractivity contribution in [3.63, 3.8) is 0 Å². The molecule has 1 saturated heterocycles. The summed E-state index contributed by atoms with van der Waals surface area (Å²) in [5.41, 5.74) is 0. The highest BCUT2D eigenvalue weighted by Gasteiger charge is 2.28. The van der Waals surface area contributed by atoms with Crippen LogP contribution in [0.1, 0.15) is 46.5 Å². The lowest BCUT2D eigenvalue weighted by Crippen LogP contribution is -2.34. The molecule has 0 N–H and O–H groups in total. The van der Waals surface area contributed by atoms with Gasteiger partial charge in [0.15, 0.2) is 0 Å². The maximum atomic E-state index is 2.66. The smallest absolute Gasteiger partial charge is 0.0124 e. The SMILES string of the molecule is CCC(CC)[C@H]1CCCN1CC. The van der Waals surface area contributed by atoms with Crippen molar-refractivity contribution >= 4 is 0 Å². The third-order valence-corrected chi connectivity index (χ3v) is 3.41. The Labute approximate surface area is 77.1 Å². The maximum absolute atomic E-state index is 2.66. The first kappa shape index (κ1) is 10.0. The average molecular weight is 169 g/mol. The van der Waals surface area contributed by atoms with Crippen LogP contribution in [0, 0.1) is 5.92 Å². The summed E-state index contributed by atoms with van der Waals surface area (Å²) < 4.78 is 0. The van der Waals surface area contributed by atoms with Crippen LogP contribution in [0.4, 0.5) is 0 Å². The van der Waals surface area contributed by atoms with Crippen LogP contribution in [-0.2, 0) is 0 Å². The van der Waals surface area contributed by atoms with Crippen molar-refractivity contribution in [3.05, 3.63) is 0 Å². The van der Waals surface area contributed by atoms with Crippen molar-refractivity contribution in [2.45, 2.75) is 52.5 Å². The molecule has 1 nitrogen and oxygen atoms in total. The molecule has 72 valence electrons. The van der Waals surface area contributed by atoms with E-state index in [1.807, 2.05) is 0 Å². The number of rotatable bonds is 4. The van der Waals surface area contributed by atoms with E-state index in [1.165, 1.54) is 38.8 Å². The monoisotopic (exact) mass is 169 g/mol. The molecule has 1 heterocycles. The summed E-state index contributed by atoms with van der Waals surface area (Å²) in [4.78, 5) is 2.66. The summed E-state index contributed by atoms with van der Waals surface area (Å²) in [7, 11) is 0. The second kappa shape index (κ2) is 4.86. The standard InChI is InChI=1S/C11H23N/c1-4-10(5-2)11-8-7-9-12(11)6-3/h10-11H,4-9H2,1-3H3/t11-/m1/s1. The Balaban J connectivity index is 2.47. The normalized spacial score (nSPS) is 25.5. The van der Waals surface area contributed by atoms with Gasteiger partial charge in [-0.2, -0.15) is 0 Å². The second-order valence-corrected chi connectivity index (χ2v) is 3.91. The highest BCUT2D eigenvalue weighted by atomic mass is 15.2. The van der Waals surface area contributed by atoms with Gasteiger partial charge in [0.2, 0.25) is 0 Å². The molecule has 0 bridgehead atoms. The molecule has 0 aromatic heterocycles. The number of nitrogens with zero attached hydrogens (tertiary/aromatic N) is 1. The fraction of sp³-hybridized carbons (Fsp3) is 1.00. The van der Waals surface area contributed by atoms with E-state index in [2.05, 4.69) is 25.7 Å². The summed E-state index contributed by atoms with van der Waals surface area (Å²) in [6.45, 7) is 9.56. The third-order valence-electron chi connectivity index (χ3n) is 3.41. The predicted molar refractivity (Wildman–Crippen MR) is 54.3 cm³/mol. The van der Waals surface area contributed by atoms with Gasteiger partial charge in [0.25, 0.3) is 0 Å². The molecular weight excluding hydrogens is 146 g/mol. The molecule has 1 rings (SSSR count). The van der Waals surface area contributed by atoms with E-state index in [0.717, 1.165) is 12.0 Å². The Morgan fingerprint density at radius 2 is 1.92 bits per heavy atom. The molecule has 0 unspecified atom stereocenters. The second-order valence-electron chi connectivity index (χ2n) is 3.91. The van der Waals surface area contributed by atoms with Crippen molar-refractivity contribution < 1.29 is 0 Å². The fourth-order valence-electron chi connectivity index (χ4n) is 2.61. The summed E-state index contributed by atoms with van der Waals surface area (Å²) in [5.74, 6) is 0.951. The first-order valence-corrected chi connectivity index (χ1v) is 5.57. The zero-order valence-corrected chi connectivity index (χ0v) is 8.84. The predicted octanol–water partition coefficient (Wildman–Crippen LogP) is 2.91. The molecule has 12 heavy (non-hydrogen) atoms. The average Bonchev–Trinajstić information content (AvgIpc) is 2.55. The van der Waals surface area contributed by atoms with Gasteiger partial charge in [0.05, 0.1) is 0 Å². The van der Waals surface area contributed by atoms with Gasteiger partial charge in [-0.05, 0) is 31.8 Å². The highest BCUT2D eigenvalue weighted by molar-refractivity contribution is 4.83. The van der Waals surface area contributed by atoms with Crippen molar-refractivity contribution in [1.82, 2.24) is 4.90 Å². The number of hydrogen-bond acceptors (Lipinski definition) is 1. The van der Waals surface area contributed by atoms with E-state index in [-0.39, 0.29) is 0 Å². The molecule has 1 heteroatoms. The van der Waals surface area contributed by atoms with E-state index in [0.29, 0.717) is 0 Å². The minimum absolute atomic E-state index is 0.907. The Morgan fingerprint density at radius 3 is 2.42 bits per heavy atom. The molecule has 0 radical (unpaired) electrons. The van der Waals surface area contributed by atoms with Crippen molar-refractivity contribution in [2.24, 2.45) is 5.92 Å². The van der Waals surface area contributed by atoms with Gasteiger partial charge in [-0.15, -0.1) is 0 Å². The molecule has 1 aliphatic heterocycles. The van der Waals surface area contributed by atoms with Gasteiger partial charge < -0.3 is 4.90 Å². The van der Waals surface area contributed by atoms with Gasteiger partial charge in [-0.1, -0.05) is 33.6 Å². The van der Waals surface area contributed by atoms with Crippen LogP contribution in [0.2, 0.25) is 0 Å². The largest absolute Gasteiger partial charge is 0.300 e. The van der Waals surface area contributed by atoms with Crippen molar-refractivity contribution in [1.29, 1.82) is 0 Å². The van der Waals surface area contributed by atoms with Gasteiger partial charge in [-0.3, -0.25) is 0 Å². The minimum atomic E-state index is 0.907. The van der Waals surface area contributed by atoms with Crippen LogP contribution in [0.25, 0.3) is 0 Å². The number of hydrogen-bond donors (Lipinski definition) is 0. The summed E-state index contributed by atoms with van der Waals surface area (Å²) in [6, 6.07) is 0.907. The van der Waals surface area contributed by atoms with Crippen LogP contribution in [0.5, 0.6) is 0 Å². The summed E-state index contributed by atoms with van der Waals surface area (Å²) in [5, 5.41) is 0. The van der Waals surface area contributed by atoms with Crippen LogP contribution >= 0.6 is 0 Å². The zero-order valence-electron chi connectivity index (χ0n) is 8.84. The van der Waals surface area contributed by atoms with Crippen molar-refractivity contribution in [2.75, 3.05) is 13.1 Å².